The second-order valence-corrected chi connectivity index (χ2v) is 8.14. The van der Waals surface area contributed by atoms with Gasteiger partial charge in [0.05, 0.1) is 5.69 Å². The Morgan fingerprint density at radius 2 is 2.05 bits per heavy atom. The molecule has 4 rings (SSSR count). The first-order chi connectivity index (χ1) is 9.70. The predicted octanol–water partition coefficient (Wildman–Crippen LogP) is 3.51. The minimum Gasteiger partial charge on any atom is -0.345 e. The monoisotopic (exact) mass is 291 g/mol. The molecule has 2 atom stereocenters. The molecular formula is C16H25N3S. The number of anilines is 1. The molecule has 2 unspecified atom stereocenters. The molecule has 0 amide bonds. The van der Waals surface area contributed by atoms with Crippen LogP contribution < -0.4 is 10.2 Å². The van der Waals surface area contributed by atoms with Crippen LogP contribution >= 0.6 is 11.3 Å². The lowest BCUT2D eigenvalue weighted by Crippen LogP contribution is -2.26. The summed E-state index contributed by atoms with van der Waals surface area (Å²) >= 11 is 1.95. The van der Waals surface area contributed by atoms with Crippen molar-refractivity contribution >= 4 is 16.5 Å². The summed E-state index contributed by atoms with van der Waals surface area (Å²) in [5.74, 6) is 1.58. The Morgan fingerprint density at radius 1 is 1.25 bits per heavy atom. The number of thiazole rings is 1. The van der Waals surface area contributed by atoms with E-state index in [1.54, 1.807) is 0 Å². The van der Waals surface area contributed by atoms with Crippen molar-refractivity contribution < 1.29 is 0 Å². The molecule has 0 spiro atoms. The van der Waals surface area contributed by atoms with Crippen LogP contribution in [-0.4, -0.2) is 23.6 Å². The van der Waals surface area contributed by atoms with Gasteiger partial charge in [0, 0.05) is 36.0 Å². The molecule has 0 radical (unpaired) electrons. The second-order valence-electron chi connectivity index (χ2n) is 7.08. The number of hydrogen-bond acceptors (Lipinski definition) is 4. The predicted molar refractivity (Wildman–Crippen MR) is 84.5 cm³/mol. The number of aromatic nitrogens is 1. The highest BCUT2D eigenvalue weighted by molar-refractivity contribution is 7.15. The number of rotatable bonds is 5. The average molecular weight is 291 g/mol. The van der Waals surface area contributed by atoms with Crippen LogP contribution in [0, 0.1) is 5.92 Å². The zero-order chi connectivity index (χ0) is 13.7. The summed E-state index contributed by atoms with van der Waals surface area (Å²) in [6.45, 7) is 6.95. The van der Waals surface area contributed by atoms with Crippen LogP contribution in [0.1, 0.15) is 62.4 Å². The summed E-state index contributed by atoms with van der Waals surface area (Å²) in [6.07, 6.45) is 6.75. The van der Waals surface area contributed by atoms with Crippen molar-refractivity contribution in [2.24, 2.45) is 5.92 Å². The van der Waals surface area contributed by atoms with E-state index in [1.165, 1.54) is 54.4 Å². The molecule has 1 saturated heterocycles. The first-order valence-corrected chi connectivity index (χ1v) is 9.02. The molecular weight excluding hydrogens is 266 g/mol. The van der Waals surface area contributed by atoms with Crippen LogP contribution in [0.15, 0.2) is 0 Å². The summed E-state index contributed by atoms with van der Waals surface area (Å²) in [5, 5.41) is 4.96. The molecule has 0 bridgehead atoms. The van der Waals surface area contributed by atoms with Gasteiger partial charge in [-0.3, -0.25) is 0 Å². The van der Waals surface area contributed by atoms with Gasteiger partial charge in [0.1, 0.15) is 0 Å². The Hall–Kier alpha value is -0.610. The van der Waals surface area contributed by atoms with Crippen molar-refractivity contribution in [1.82, 2.24) is 10.3 Å². The van der Waals surface area contributed by atoms with Crippen molar-refractivity contribution in [3.8, 4) is 0 Å². The van der Waals surface area contributed by atoms with Crippen molar-refractivity contribution in [3.63, 3.8) is 0 Å². The van der Waals surface area contributed by atoms with Gasteiger partial charge in [-0.05, 0) is 44.9 Å². The number of nitrogens with zero attached hydrogens (tertiary/aromatic N) is 2. The van der Waals surface area contributed by atoms with Crippen LogP contribution in [0.25, 0.3) is 0 Å². The van der Waals surface area contributed by atoms with E-state index in [-0.39, 0.29) is 0 Å². The largest absolute Gasteiger partial charge is 0.345 e. The minimum absolute atomic E-state index is 0.660. The Bertz CT molecular complexity index is 490. The highest BCUT2D eigenvalue weighted by atomic mass is 32.1. The van der Waals surface area contributed by atoms with E-state index in [2.05, 4.69) is 24.1 Å². The van der Waals surface area contributed by atoms with Crippen molar-refractivity contribution in [3.05, 3.63) is 10.6 Å². The van der Waals surface area contributed by atoms with E-state index < -0.39 is 0 Å². The first-order valence-electron chi connectivity index (χ1n) is 8.20. The third-order valence-corrected chi connectivity index (χ3v) is 5.95. The third kappa shape index (κ3) is 2.60. The first kappa shape index (κ1) is 13.1. The molecule has 20 heavy (non-hydrogen) atoms. The van der Waals surface area contributed by atoms with Crippen LogP contribution in [0.3, 0.4) is 0 Å². The van der Waals surface area contributed by atoms with Crippen LogP contribution in [0.2, 0.25) is 0 Å². The smallest absolute Gasteiger partial charge is 0.186 e. The minimum atomic E-state index is 0.660. The standard InChI is InChI=1S/C16H25N3S/c1-10-7-11(2)19(9-10)16-18-15(12-3-4-12)14(20-16)8-17-13-5-6-13/h10-13,17H,3-9H2,1-2H3. The van der Waals surface area contributed by atoms with Gasteiger partial charge in [-0.1, -0.05) is 6.92 Å². The van der Waals surface area contributed by atoms with Gasteiger partial charge in [-0.25, -0.2) is 4.98 Å². The molecule has 110 valence electrons. The second kappa shape index (κ2) is 4.99. The van der Waals surface area contributed by atoms with E-state index in [1.807, 2.05) is 11.3 Å². The molecule has 3 aliphatic rings. The molecule has 0 aromatic carbocycles. The molecule has 4 heteroatoms. The lowest BCUT2D eigenvalue weighted by Gasteiger charge is -2.20. The summed E-state index contributed by atoms with van der Waals surface area (Å²) in [4.78, 5) is 9.10. The maximum absolute atomic E-state index is 5.04. The molecule has 2 aliphatic carbocycles. The molecule has 1 N–H and O–H groups in total. The highest BCUT2D eigenvalue weighted by Gasteiger charge is 2.34. The maximum Gasteiger partial charge on any atom is 0.186 e. The zero-order valence-corrected chi connectivity index (χ0v) is 13.4. The number of hydrogen-bond donors (Lipinski definition) is 1. The van der Waals surface area contributed by atoms with Gasteiger partial charge in [0.25, 0.3) is 0 Å². The SMILES string of the molecule is CC1CC(C)N(c2nc(C3CC3)c(CNC3CC3)s2)C1. The van der Waals surface area contributed by atoms with E-state index in [0.717, 1.165) is 24.4 Å². The van der Waals surface area contributed by atoms with E-state index in [4.69, 9.17) is 4.98 Å². The quantitative estimate of drug-likeness (QED) is 0.900. The normalized spacial score (nSPS) is 30.2. The highest BCUT2D eigenvalue weighted by Crippen LogP contribution is 2.45. The molecule has 2 heterocycles. The molecule has 1 aromatic rings. The Balaban J connectivity index is 1.54. The van der Waals surface area contributed by atoms with Gasteiger partial charge in [0.15, 0.2) is 5.13 Å². The van der Waals surface area contributed by atoms with Gasteiger partial charge in [-0.15, -0.1) is 11.3 Å². The molecule has 2 saturated carbocycles. The number of nitrogens with one attached hydrogen (secondary N) is 1. The van der Waals surface area contributed by atoms with E-state index >= 15 is 0 Å². The van der Waals surface area contributed by atoms with Gasteiger partial charge in [-0.2, -0.15) is 0 Å². The van der Waals surface area contributed by atoms with Crippen molar-refractivity contribution in [2.75, 3.05) is 11.4 Å². The van der Waals surface area contributed by atoms with E-state index in [0.29, 0.717) is 6.04 Å². The fourth-order valence-electron chi connectivity index (χ4n) is 3.37. The summed E-state index contributed by atoms with van der Waals surface area (Å²) in [6, 6.07) is 1.45. The van der Waals surface area contributed by atoms with Crippen LogP contribution in [0.4, 0.5) is 5.13 Å². The van der Waals surface area contributed by atoms with Gasteiger partial charge >= 0.3 is 0 Å². The fourth-order valence-corrected chi connectivity index (χ4v) is 4.58. The van der Waals surface area contributed by atoms with Crippen molar-refractivity contribution in [1.29, 1.82) is 0 Å². The Kier molecular flexibility index (Phi) is 3.26. The topological polar surface area (TPSA) is 28.2 Å². The zero-order valence-electron chi connectivity index (χ0n) is 12.6. The molecule has 3 fully saturated rings. The third-order valence-electron chi connectivity index (χ3n) is 4.84. The van der Waals surface area contributed by atoms with E-state index in [9.17, 15) is 0 Å². The molecule has 3 nitrogen and oxygen atoms in total. The Morgan fingerprint density at radius 3 is 2.65 bits per heavy atom. The van der Waals surface area contributed by atoms with Crippen molar-refractivity contribution in [2.45, 2.75) is 70.5 Å². The lowest BCUT2D eigenvalue weighted by molar-refractivity contribution is 0.625. The summed E-state index contributed by atoms with van der Waals surface area (Å²) in [7, 11) is 0. The maximum atomic E-state index is 5.04. The van der Waals surface area contributed by atoms with Gasteiger partial charge in [0.2, 0.25) is 0 Å². The van der Waals surface area contributed by atoms with Crippen LogP contribution in [0.5, 0.6) is 0 Å². The average Bonchev–Trinajstić information content (AvgIpc) is 3.32. The lowest BCUT2D eigenvalue weighted by atomic mass is 10.1. The molecule has 1 aromatic heterocycles. The summed E-state index contributed by atoms with van der Waals surface area (Å²) in [5.41, 5.74) is 1.42. The Labute approximate surface area is 125 Å². The summed E-state index contributed by atoms with van der Waals surface area (Å²) < 4.78 is 0. The van der Waals surface area contributed by atoms with Gasteiger partial charge < -0.3 is 10.2 Å². The molecule has 1 aliphatic heterocycles. The van der Waals surface area contributed by atoms with Crippen LogP contribution in [-0.2, 0) is 6.54 Å². The fraction of sp³-hybridized carbons (Fsp3) is 0.812.